The van der Waals surface area contributed by atoms with Crippen LogP contribution in [0, 0.1) is 17.7 Å². The Kier molecular flexibility index (Phi) is 4.63. The zero-order chi connectivity index (χ0) is 20.0. The molecule has 3 atom stereocenters. The number of benzene rings is 2. The highest BCUT2D eigenvalue weighted by atomic mass is 35.5. The molecule has 2 amide bonds. The van der Waals surface area contributed by atoms with Crippen LogP contribution in [0.1, 0.15) is 24.3 Å². The van der Waals surface area contributed by atoms with Crippen molar-refractivity contribution < 1.29 is 9.18 Å². The smallest absolute Gasteiger partial charge is 0.321 e. The topological polar surface area (TPSA) is 45.2 Å². The number of aromatic nitrogens is 1. The van der Waals surface area contributed by atoms with Crippen LogP contribution in [0.3, 0.4) is 0 Å². The molecular formula is C23H21ClFN3O. The molecule has 2 aromatic carbocycles. The van der Waals surface area contributed by atoms with E-state index < -0.39 is 0 Å². The minimum Gasteiger partial charge on any atom is -0.324 e. The fraction of sp³-hybridized carbons (Fsp3) is 0.304. The Bertz CT molecular complexity index is 1060. The third-order valence-electron chi connectivity index (χ3n) is 6.31. The number of carbonyl (C=O) groups excluding carboxylic acids is 1. The van der Waals surface area contributed by atoms with Crippen LogP contribution >= 0.6 is 11.6 Å². The van der Waals surface area contributed by atoms with Gasteiger partial charge in [-0.05, 0) is 84.7 Å². The van der Waals surface area contributed by atoms with Crippen LogP contribution < -0.4 is 5.32 Å². The number of nitrogens with one attached hydrogen (secondary N) is 1. The molecule has 4 nitrogen and oxygen atoms in total. The third-order valence-corrected chi connectivity index (χ3v) is 6.56. The van der Waals surface area contributed by atoms with E-state index in [9.17, 15) is 9.18 Å². The number of pyridine rings is 1. The first-order valence-electron chi connectivity index (χ1n) is 9.92. The molecule has 1 N–H and O–H groups in total. The van der Waals surface area contributed by atoms with Gasteiger partial charge in [-0.25, -0.2) is 9.18 Å². The first kappa shape index (κ1) is 18.4. The molecule has 1 aromatic heterocycles. The van der Waals surface area contributed by atoms with Crippen molar-refractivity contribution in [3.63, 3.8) is 0 Å². The molecule has 148 valence electrons. The average molecular weight is 410 g/mol. The molecular weight excluding hydrogens is 389 g/mol. The van der Waals surface area contributed by atoms with Crippen LogP contribution in [0.2, 0.25) is 5.02 Å². The summed E-state index contributed by atoms with van der Waals surface area (Å²) in [7, 11) is 0. The van der Waals surface area contributed by atoms with Gasteiger partial charge in [0.25, 0.3) is 0 Å². The summed E-state index contributed by atoms with van der Waals surface area (Å²) < 4.78 is 13.8. The number of hydrogen-bond donors (Lipinski definition) is 1. The summed E-state index contributed by atoms with van der Waals surface area (Å²) in [5.41, 5.74) is 2.77. The highest BCUT2D eigenvalue weighted by Crippen LogP contribution is 2.47. The summed E-state index contributed by atoms with van der Waals surface area (Å²) in [6, 6.07) is 13.9. The maximum Gasteiger partial charge on any atom is 0.321 e. The van der Waals surface area contributed by atoms with Crippen molar-refractivity contribution >= 4 is 34.2 Å². The fourth-order valence-electron chi connectivity index (χ4n) is 4.95. The first-order valence-corrected chi connectivity index (χ1v) is 10.3. The number of likely N-dealkylation sites (tertiary alicyclic amines) is 1. The molecule has 2 aliphatic rings. The number of fused-ring (bicyclic) bond motifs is 2. The highest BCUT2D eigenvalue weighted by molar-refractivity contribution is 6.30. The van der Waals surface area contributed by atoms with Gasteiger partial charge in [0.1, 0.15) is 5.82 Å². The molecule has 1 aliphatic heterocycles. The Labute approximate surface area is 173 Å². The molecule has 0 bridgehead atoms. The van der Waals surface area contributed by atoms with Crippen LogP contribution in [0.25, 0.3) is 10.9 Å². The van der Waals surface area contributed by atoms with E-state index in [0.717, 1.165) is 42.5 Å². The summed E-state index contributed by atoms with van der Waals surface area (Å²) in [6.45, 7) is 1.52. The van der Waals surface area contributed by atoms with Crippen molar-refractivity contribution in [3.8, 4) is 0 Å². The van der Waals surface area contributed by atoms with Crippen molar-refractivity contribution in [2.45, 2.75) is 18.8 Å². The second-order valence-electron chi connectivity index (χ2n) is 8.09. The van der Waals surface area contributed by atoms with E-state index in [4.69, 9.17) is 11.6 Å². The minimum absolute atomic E-state index is 0.0605. The monoisotopic (exact) mass is 409 g/mol. The Morgan fingerprint density at radius 3 is 2.52 bits per heavy atom. The van der Waals surface area contributed by atoms with Crippen molar-refractivity contribution in [2.24, 2.45) is 11.8 Å². The normalized spacial score (nSPS) is 23.4. The number of rotatable bonds is 2. The van der Waals surface area contributed by atoms with E-state index >= 15 is 0 Å². The number of carbonyl (C=O) groups is 1. The molecule has 6 heteroatoms. The lowest BCUT2D eigenvalue weighted by Crippen LogP contribution is -2.33. The number of anilines is 1. The van der Waals surface area contributed by atoms with E-state index in [1.54, 1.807) is 36.4 Å². The van der Waals surface area contributed by atoms with Gasteiger partial charge >= 0.3 is 6.03 Å². The van der Waals surface area contributed by atoms with E-state index in [1.807, 2.05) is 17.2 Å². The average Bonchev–Trinajstić information content (AvgIpc) is 3.28. The molecule has 1 aliphatic carbocycles. The molecule has 29 heavy (non-hydrogen) atoms. The van der Waals surface area contributed by atoms with E-state index in [1.165, 1.54) is 11.6 Å². The summed E-state index contributed by atoms with van der Waals surface area (Å²) >= 11 is 5.90. The van der Waals surface area contributed by atoms with Crippen LogP contribution in [0.4, 0.5) is 14.9 Å². The third kappa shape index (κ3) is 3.55. The number of hydrogen-bond acceptors (Lipinski definition) is 2. The van der Waals surface area contributed by atoms with Gasteiger partial charge in [0, 0.05) is 35.4 Å². The second kappa shape index (κ2) is 7.30. The molecule has 5 rings (SSSR count). The lowest BCUT2D eigenvalue weighted by molar-refractivity contribution is 0.218. The standard InChI is InChI=1S/C23H21ClFN3O/c24-17-1-4-19(5-2-17)27-23(29)28-12-15-9-14(10-16(15)13-28)20-7-8-26-22-6-3-18(25)11-21(20)22/h1-8,11,14-16H,9-10,12-13H2,(H,27,29)/t14?,15-,16+. The largest absolute Gasteiger partial charge is 0.324 e. The molecule has 1 saturated heterocycles. The van der Waals surface area contributed by atoms with Gasteiger partial charge in [-0.2, -0.15) is 0 Å². The number of amides is 2. The van der Waals surface area contributed by atoms with Gasteiger partial charge in [-0.15, -0.1) is 0 Å². The zero-order valence-electron chi connectivity index (χ0n) is 15.8. The Morgan fingerprint density at radius 2 is 1.79 bits per heavy atom. The number of urea groups is 1. The lowest BCUT2D eigenvalue weighted by atomic mass is 9.93. The maximum atomic E-state index is 13.8. The van der Waals surface area contributed by atoms with Gasteiger partial charge in [0.15, 0.2) is 0 Å². The van der Waals surface area contributed by atoms with E-state index in [0.29, 0.717) is 22.8 Å². The Balaban J connectivity index is 1.27. The number of nitrogens with zero attached hydrogens (tertiary/aromatic N) is 2. The Hall–Kier alpha value is -2.66. The lowest BCUT2D eigenvalue weighted by Gasteiger charge is -2.20. The molecule has 3 aromatic rings. The van der Waals surface area contributed by atoms with Gasteiger partial charge in [-0.1, -0.05) is 11.6 Å². The number of halogens is 2. The summed E-state index contributed by atoms with van der Waals surface area (Å²) in [4.78, 5) is 18.9. The van der Waals surface area contributed by atoms with Crippen LogP contribution in [0.15, 0.2) is 54.7 Å². The first-order chi connectivity index (χ1) is 14.1. The van der Waals surface area contributed by atoms with Crippen LogP contribution in [-0.2, 0) is 0 Å². The molecule has 1 unspecified atom stereocenters. The molecule has 2 fully saturated rings. The minimum atomic E-state index is -0.227. The highest BCUT2D eigenvalue weighted by Gasteiger charge is 2.43. The molecule has 1 saturated carbocycles. The van der Waals surface area contributed by atoms with Crippen molar-refractivity contribution in [1.29, 1.82) is 0 Å². The fourth-order valence-corrected chi connectivity index (χ4v) is 5.08. The molecule has 0 spiro atoms. The van der Waals surface area contributed by atoms with Gasteiger partial charge in [0.05, 0.1) is 5.52 Å². The maximum absolute atomic E-state index is 13.8. The Morgan fingerprint density at radius 1 is 1.07 bits per heavy atom. The van der Waals surface area contributed by atoms with Crippen LogP contribution in [0.5, 0.6) is 0 Å². The van der Waals surface area contributed by atoms with Crippen LogP contribution in [-0.4, -0.2) is 29.0 Å². The SMILES string of the molecule is O=C(Nc1ccc(Cl)cc1)N1C[C@H]2CC(c3ccnc4ccc(F)cc34)C[C@H]2C1. The van der Waals surface area contributed by atoms with Gasteiger partial charge in [-0.3, -0.25) is 4.98 Å². The van der Waals surface area contributed by atoms with E-state index in [2.05, 4.69) is 10.3 Å². The van der Waals surface area contributed by atoms with Crippen molar-refractivity contribution in [1.82, 2.24) is 9.88 Å². The van der Waals surface area contributed by atoms with Crippen molar-refractivity contribution in [3.05, 3.63) is 71.1 Å². The summed E-state index contributed by atoms with van der Waals surface area (Å²) in [5, 5.41) is 4.51. The second-order valence-corrected chi connectivity index (χ2v) is 8.53. The van der Waals surface area contributed by atoms with E-state index in [-0.39, 0.29) is 11.8 Å². The van der Waals surface area contributed by atoms with Gasteiger partial charge < -0.3 is 10.2 Å². The molecule has 0 radical (unpaired) electrons. The predicted molar refractivity (Wildman–Crippen MR) is 113 cm³/mol. The van der Waals surface area contributed by atoms with Crippen molar-refractivity contribution in [2.75, 3.05) is 18.4 Å². The molecule has 2 heterocycles. The summed E-state index contributed by atoms with van der Waals surface area (Å²) in [5.74, 6) is 1.12. The predicted octanol–water partition coefficient (Wildman–Crippen LogP) is 5.68. The summed E-state index contributed by atoms with van der Waals surface area (Å²) in [6.07, 6.45) is 3.85. The quantitative estimate of drug-likeness (QED) is 0.591. The zero-order valence-corrected chi connectivity index (χ0v) is 16.6. The van der Waals surface area contributed by atoms with Gasteiger partial charge in [0.2, 0.25) is 0 Å².